The van der Waals surface area contributed by atoms with Gasteiger partial charge in [0.25, 0.3) is 5.69 Å². The van der Waals surface area contributed by atoms with Crippen LogP contribution in [0.4, 0.5) is 5.69 Å². The number of hydrogen-bond acceptors (Lipinski definition) is 6. The Bertz CT molecular complexity index is 1300. The number of allylic oxidation sites excluding steroid dienone is 1. The molecule has 0 radical (unpaired) electrons. The molecule has 7 heteroatoms. The van der Waals surface area contributed by atoms with Crippen LogP contribution in [0.25, 0.3) is 6.08 Å². The van der Waals surface area contributed by atoms with Crippen LogP contribution in [0, 0.1) is 10.1 Å². The third kappa shape index (κ3) is 12.6. The molecule has 0 saturated heterocycles. The Morgan fingerprint density at radius 1 is 0.674 bits per heavy atom. The molecule has 3 aromatic carbocycles. The molecular weight excluding hydrogens is 542 g/mol. The lowest BCUT2D eigenvalue weighted by Gasteiger charge is -2.08. The van der Waals surface area contributed by atoms with E-state index < -0.39 is 10.9 Å². The van der Waals surface area contributed by atoms with Crippen molar-refractivity contribution < 1.29 is 24.0 Å². The van der Waals surface area contributed by atoms with Crippen LogP contribution in [0.15, 0.2) is 78.9 Å². The first kappa shape index (κ1) is 33.2. The normalized spacial score (nSPS) is 11.0. The zero-order valence-corrected chi connectivity index (χ0v) is 25.2. The lowest BCUT2D eigenvalue weighted by molar-refractivity contribution is -0.384. The van der Waals surface area contributed by atoms with Crippen molar-refractivity contribution in [3.8, 4) is 11.5 Å². The van der Waals surface area contributed by atoms with Gasteiger partial charge in [-0.15, -0.1) is 0 Å². The number of non-ortho nitro benzene ring substituents is 1. The molecule has 0 saturated carbocycles. The number of ketones is 1. The van der Waals surface area contributed by atoms with Crippen molar-refractivity contribution in [2.75, 3.05) is 6.61 Å². The van der Waals surface area contributed by atoms with Gasteiger partial charge < -0.3 is 9.47 Å². The van der Waals surface area contributed by atoms with Gasteiger partial charge in [0.05, 0.1) is 17.1 Å². The van der Waals surface area contributed by atoms with E-state index in [0.717, 1.165) is 12.2 Å². The summed E-state index contributed by atoms with van der Waals surface area (Å²) in [5.74, 6) is 0.317. The molecule has 3 rings (SSSR count). The molecule has 0 N–H and O–H groups in total. The number of esters is 1. The Morgan fingerprint density at radius 3 is 1.74 bits per heavy atom. The van der Waals surface area contributed by atoms with Gasteiger partial charge in [-0.05, 0) is 78.7 Å². The van der Waals surface area contributed by atoms with Gasteiger partial charge in [-0.1, -0.05) is 83.6 Å². The molecule has 0 fully saturated rings. The number of nitro groups is 1. The van der Waals surface area contributed by atoms with Crippen molar-refractivity contribution >= 4 is 23.5 Å². The lowest BCUT2D eigenvalue weighted by Crippen LogP contribution is -2.08. The molecule has 0 heterocycles. The first-order chi connectivity index (χ1) is 21.0. The SMILES string of the molecule is CCCCCCCCCCCCCCOc1ccc(C(=O)Oc2ccc(C(=O)/C=C/c3ccc([N+](=O)[O-])cc3)cc2)cc1. The third-order valence-corrected chi connectivity index (χ3v) is 7.24. The molecule has 0 aliphatic heterocycles. The van der Waals surface area contributed by atoms with Crippen LogP contribution in [0.1, 0.15) is 110 Å². The number of nitro benzene ring substituents is 1. The highest BCUT2D eigenvalue weighted by Gasteiger charge is 2.10. The number of nitrogens with zero attached hydrogens (tertiary/aromatic N) is 1. The topological polar surface area (TPSA) is 95.7 Å². The Kier molecular flexibility index (Phi) is 14.7. The molecule has 0 spiro atoms. The fraction of sp³-hybridized carbons (Fsp3) is 0.389. The van der Waals surface area contributed by atoms with Crippen LogP contribution >= 0.6 is 0 Å². The van der Waals surface area contributed by atoms with Gasteiger partial charge in [-0.3, -0.25) is 14.9 Å². The van der Waals surface area contributed by atoms with Crippen LogP contribution in [-0.2, 0) is 0 Å². The van der Waals surface area contributed by atoms with Crippen LogP contribution in [0.3, 0.4) is 0 Å². The quantitative estimate of drug-likeness (QED) is 0.0249. The summed E-state index contributed by atoms with van der Waals surface area (Å²) in [5, 5.41) is 10.8. The first-order valence-corrected chi connectivity index (χ1v) is 15.5. The van der Waals surface area contributed by atoms with E-state index in [1.807, 2.05) is 0 Å². The first-order valence-electron chi connectivity index (χ1n) is 15.5. The number of rotatable bonds is 20. The second kappa shape index (κ2) is 19.0. The van der Waals surface area contributed by atoms with Gasteiger partial charge >= 0.3 is 5.97 Å². The van der Waals surface area contributed by atoms with Gasteiger partial charge in [0.2, 0.25) is 0 Å². The summed E-state index contributed by atoms with van der Waals surface area (Å²) in [6, 6.07) is 19.1. The van der Waals surface area contributed by atoms with Gasteiger partial charge in [-0.2, -0.15) is 0 Å². The fourth-order valence-corrected chi connectivity index (χ4v) is 4.65. The van der Waals surface area contributed by atoms with Crippen molar-refractivity contribution in [2.45, 2.75) is 84.0 Å². The number of benzene rings is 3. The van der Waals surface area contributed by atoms with Crippen LogP contribution in [0.5, 0.6) is 11.5 Å². The molecule has 0 aromatic heterocycles. The van der Waals surface area contributed by atoms with E-state index in [1.165, 1.54) is 88.8 Å². The average molecular weight is 586 g/mol. The van der Waals surface area contributed by atoms with Crippen LogP contribution in [-0.4, -0.2) is 23.3 Å². The van der Waals surface area contributed by atoms with Gasteiger partial charge in [0.15, 0.2) is 5.78 Å². The predicted octanol–water partition coefficient (Wildman–Crippen LogP) is 9.79. The Morgan fingerprint density at radius 2 is 1.19 bits per heavy atom. The zero-order valence-electron chi connectivity index (χ0n) is 25.2. The minimum atomic E-state index is -0.496. The maximum atomic E-state index is 12.6. The van der Waals surface area contributed by atoms with Crippen LogP contribution in [0.2, 0.25) is 0 Å². The van der Waals surface area contributed by atoms with Crippen LogP contribution < -0.4 is 9.47 Å². The Labute approximate surface area is 255 Å². The van der Waals surface area contributed by atoms with Gasteiger partial charge in [-0.25, -0.2) is 4.79 Å². The van der Waals surface area contributed by atoms with Crippen molar-refractivity contribution in [3.05, 3.63) is 106 Å². The molecule has 0 unspecified atom stereocenters. The van der Waals surface area contributed by atoms with Crippen molar-refractivity contribution in [3.63, 3.8) is 0 Å². The largest absolute Gasteiger partial charge is 0.494 e. The lowest BCUT2D eigenvalue weighted by atomic mass is 10.1. The molecule has 43 heavy (non-hydrogen) atoms. The summed E-state index contributed by atoms with van der Waals surface area (Å²) >= 11 is 0. The summed E-state index contributed by atoms with van der Waals surface area (Å²) in [5.41, 5.74) is 1.49. The second-order valence-electron chi connectivity index (χ2n) is 10.7. The van der Waals surface area contributed by atoms with Gasteiger partial charge in [0.1, 0.15) is 11.5 Å². The zero-order chi connectivity index (χ0) is 30.7. The Balaban J connectivity index is 1.32. The summed E-state index contributed by atoms with van der Waals surface area (Å²) in [6.45, 7) is 2.92. The number of unbranched alkanes of at least 4 members (excludes halogenated alkanes) is 11. The summed E-state index contributed by atoms with van der Waals surface area (Å²) in [7, 11) is 0. The number of hydrogen-bond donors (Lipinski definition) is 0. The van der Waals surface area contributed by atoms with E-state index in [9.17, 15) is 19.7 Å². The Hall–Kier alpha value is -4.26. The maximum absolute atomic E-state index is 12.6. The smallest absolute Gasteiger partial charge is 0.343 e. The third-order valence-electron chi connectivity index (χ3n) is 7.24. The average Bonchev–Trinajstić information content (AvgIpc) is 3.03. The molecule has 3 aromatic rings. The van der Waals surface area contributed by atoms with Crippen molar-refractivity contribution in [1.29, 1.82) is 0 Å². The van der Waals surface area contributed by atoms with E-state index in [4.69, 9.17) is 9.47 Å². The molecule has 0 aliphatic rings. The minimum absolute atomic E-state index is 0.0112. The highest BCUT2D eigenvalue weighted by Crippen LogP contribution is 2.19. The minimum Gasteiger partial charge on any atom is -0.494 e. The fourth-order valence-electron chi connectivity index (χ4n) is 4.65. The van der Waals surface area contributed by atoms with E-state index in [0.29, 0.717) is 29.0 Å². The number of carbonyl (C=O) groups is 2. The molecule has 0 atom stereocenters. The predicted molar refractivity (Wildman–Crippen MR) is 171 cm³/mol. The van der Waals surface area contributed by atoms with E-state index in [1.54, 1.807) is 66.7 Å². The molecule has 7 nitrogen and oxygen atoms in total. The summed E-state index contributed by atoms with van der Waals surface area (Å²) in [4.78, 5) is 35.3. The second-order valence-corrected chi connectivity index (χ2v) is 10.7. The molecular formula is C36H43NO6. The molecule has 228 valence electrons. The highest BCUT2D eigenvalue weighted by atomic mass is 16.6. The molecule has 0 aliphatic carbocycles. The number of carbonyl (C=O) groups excluding carboxylic acids is 2. The maximum Gasteiger partial charge on any atom is 0.343 e. The van der Waals surface area contributed by atoms with E-state index >= 15 is 0 Å². The van der Waals surface area contributed by atoms with Crippen molar-refractivity contribution in [2.24, 2.45) is 0 Å². The van der Waals surface area contributed by atoms with Crippen molar-refractivity contribution in [1.82, 2.24) is 0 Å². The number of ether oxygens (including phenoxy) is 2. The molecule has 0 bridgehead atoms. The van der Waals surface area contributed by atoms with E-state index in [2.05, 4.69) is 6.92 Å². The van der Waals surface area contributed by atoms with Gasteiger partial charge in [0, 0.05) is 17.7 Å². The highest BCUT2D eigenvalue weighted by molar-refractivity contribution is 6.06. The monoisotopic (exact) mass is 585 g/mol. The van der Waals surface area contributed by atoms with E-state index in [-0.39, 0.29) is 11.5 Å². The summed E-state index contributed by atoms with van der Waals surface area (Å²) < 4.78 is 11.3. The summed E-state index contributed by atoms with van der Waals surface area (Å²) in [6.07, 6.45) is 18.6. The molecule has 0 amide bonds. The standard InChI is InChI=1S/C36H43NO6/c1-2-3-4-5-6-7-8-9-10-11-12-13-28-42-33-23-19-31(20-24-33)36(39)43-34-25-17-30(18-26-34)35(38)27-16-29-14-21-32(22-15-29)37(40)41/h14-27H,2-13,28H2,1H3/b27-16+.